The number of hydrogen-bond donors (Lipinski definition) is 7. The third kappa shape index (κ3) is 9.26. The number of nitrogens with one attached hydrogen (secondary N) is 3. The van der Waals surface area contributed by atoms with E-state index in [0.717, 1.165) is 6.42 Å². The van der Waals surface area contributed by atoms with Crippen LogP contribution < -0.4 is 16.4 Å². The molecule has 0 aromatic heterocycles. The third-order valence-electron chi connectivity index (χ3n) is 4.58. The van der Waals surface area contributed by atoms with Crippen LogP contribution >= 0.6 is 0 Å². The largest absolute Gasteiger partial charge is 0.479 e. The van der Waals surface area contributed by atoms with Gasteiger partial charge in [-0.3, -0.25) is 5.41 Å². The average Bonchev–Trinajstić information content (AvgIpc) is 2.74. The minimum absolute atomic E-state index is 0.116. The maximum absolute atomic E-state index is 12.2. The summed E-state index contributed by atoms with van der Waals surface area (Å²) in [5, 5.41) is 41.4. The molecule has 0 saturated heterocycles. The van der Waals surface area contributed by atoms with Gasteiger partial charge in [0.25, 0.3) is 0 Å². The minimum atomic E-state index is -1.55. The van der Waals surface area contributed by atoms with Gasteiger partial charge in [-0.25, -0.2) is 9.59 Å². The highest BCUT2D eigenvalue weighted by Crippen LogP contribution is 2.28. The molecule has 13 heteroatoms. The Bertz CT molecular complexity index is 646. The predicted molar refractivity (Wildman–Crippen MR) is 112 cm³/mol. The van der Waals surface area contributed by atoms with Gasteiger partial charge in [-0.15, -0.1) is 0 Å². The number of carboxylic acids is 1. The maximum atomic E-state index is 12.2. The van der Waals surface area contributed by atoms with Gasteiger partial charge in [0.2, 0.25) is 5.76 Å². The van der Waals surface area contributed by atoms with Gasteiger partial charge in [-0.1, -0.05) is 13.8 Å². The summed E-state index contributed by atoms with van der Waals surface area (Å²) in [6.45, 7) is 4.63. The van der Waals surface area contributed by atoms with Crippen molar-refractivity contribution in [2.75, 3.05) is 39.6 Å². The molecule has 1 heterocycles. The van der Waals surface area contributed by atoms with E-state index in [9.17, 15) is 24.9 Å². The number of carboxylic acid groups (broad SMARTS) is 1. The average molecular weight is 463 g/mol. The number of nitrogens with two attached hydrogens (primary N) is 1. The molecule has 0 saturated carbocycles. The van der Waals surface area contributed by atoms with Crippen LogP contribution in [0.5, 0.6) is 0 Å². The van der Waals surface area contributed by atoms with Crippen LogP contribution in [-0.2, 0) is 23.7 Å². The lowest BCUT2D eigenvalue weighted by atomic mass is 9.87. The summed E-state index contributed by atoms with van der Waals surface area (Å²) in [5.41, 5.74) is 5.36. The Kier molecular flexibility index (Phi) is 12.4. The Morgan fingerprint density at radius 3 is 2.50 bits per heavy atom. The van der Waals surface area contributed by atoms with Crippen molar-refractivity contribution in [1.82, 2.24) is 10.6 Å². The lowest BCUT2D eigenvalue weighted by molar-refractivity contribution is -0.147. The number of aliphatic carboxylic acids is 1. The molecular formula is C19H34N4O9. The summed E-state index contributed by atoms with van der Waals surface area (Å²) < 4.78 is 21.3. The third-order valence-corrected chi connectivity index (χ3v) is 4.58. The quantitative estimate of drug-likeness (QED) is 0.0920. The Balaban J connectivity index is 2.72. The Morgan fingerprint density at radius 1 is 1.28 bits per heavy atom. The first-order chi connectivity index (χ1) is 15.2. The van der Waals surface area contributed by atoms with Crippen LogP contribution in [0.1, 0.15) is 20.3 Å². The van der Waals surface area contributed by atoms with Crippen LogP contribution in [0.15, 0.2) is 11.8 Å². The number of hydrogen-bond acceptors (Lipinski definition) is 9. The van der Waals surface area contributed by atoms with Gasteiger partial charge in [0.1, 0.15) is 12.2 Å². The summed E-state index contributed by atoms with van der Waals surface area (Å²) in [6, 6.07) is -0.749. The van der Waals surface area contributed by atoms with Gasteiger partial charge in [0, 0.05) is 19.1 Å². The highest BCUT2D eigenvalue weighted by molar-refractivity contribution is 5.85. The van der Waals surface area contributed by atoms with Crippen LogP contribution in [-0.4, -0.2) is 97.3 Å². The van der Waals surface area contributed by atoms with Crippen LogP contribution in [0.3, 0.4) is 0 Å². The number of carbonyl (C=O) groups excluding carboxylic acids is 1. The van der Waals surface area contributed by atoms with Gasteiger partial charge >= 0.3 is 12.1 Å². The van der Waals surface area contributed by atoms with Gasteiger partial charge in [0.05, 0.1) is 32.5 Å². The normalized spacial score (nSPS) is 22.1. The molecule has 8 N–H and O–H groups in total. The smallest absolute Gasteiger partial charge is 0.407 e. The second kappa shape index (κ2) is 14.5. The number of rotatable bonds is 14. The molecule has 1 aliphatic heterocycles. The zero-order valence-corrected chi connectivity index (χ0v) is 18.3. The number of ether oxygens (including phenoxy) is 4. The number of aliphatic hydroxyl groups excluding tert-OH is 2. The summed E-state index contributed by atoms with van der Waals surface area (Å²) in [6.07, 6.45) is -2.87. The summed E-state index contributed by atoms with van der Waals surface area (Å²) in [4.78, 5) is 23.7. The molecule has 184 valence electrons. The molecule has 1 amide bonds. The Hall–Kier alpha value is -2.61. The number of guanidine groups is 1. The summed E-state index contributed by atoms with van der Waals surface area (Å²) >= 11 is 0. The molecule has 0 radical (unpaired) electrons. The molecule has 0 spiro atoms. The summed E-state index contributed by atoms with van der Waals surface area (Å²) in [5.74, 6) is -2.85. The molecule has 0 fully saturated rings. The van der Waals surface area contributed by atoms with E-state index in [1.807, 2.05) is 6.92 Å². The van der Waals surface area contributed by atoms with Crippen molar-refractivity contribution >= 4 is 18.0 Å². The highest BCUT2D eigenvalue weighted by Gasteiger charge is 2.43. The molecule has 0 unspecified atom stereocenters. The van der Waals surface area contributed by atoms with E-state index >= 15 is 0 Å². The number of aliphatic hydroxyl groups is 2. The zero-order valence-electron chi connectivity index (χ0n) is 18.3. The fraction of sp³-hybridized carbons (Fsp3) is 0.737. The van der Waals surface area contributed by atoms with E-state index < -0.39 is 60.7 Å². The number of amides is 1. The van der Waals surface area contributed by atoms with Crippen molar-refractivity contribution in [2.45, 2.75) is 44.6 Å². The monoisotopic (exact) mass is 462 g/mol. The van der Waals surface area contributed by atoms with Crippen LogP contribution in [0.4, 0.5) is 4.79 Å². The molecule has 0 aliphatic carbocycles. The Morgan fingerprint density at radius 2 is 1.94 bits per heavy atom. The van der Waals surface area contributed by atoms with E-state index in [1.54, 1.807) is 6.92 Å². The molecule has 0 bridgehead atoms. The van der Waals surface area contributed by atoms with Crippen molar-refractivity contribution < 1.29 is 43.9 Å². The van der Waals surface area contributed by atoms with Gasteiger partial charge < -0.3 is 50.6 Å². The molecule has 13 nitrogen and oxygen atoms in total. The Labute approximate surface area is 186 Å². The van der Waals surface area contributed by atoms with E-state index in [1.165, 1.54) is 6.08 Å². The molecule has 32 heavy (non-hydrogen) atoms. The number of alkyl carbamates (subject to hydrolysis) is 1. The first kappa shape index (κ1) is 27.4. The molecule has 5 atom stereocenters. The molecule has 0 aromatic carbocycles. The van der Waals surface area contributed by atoms with Gasteiger partial charge in [0.15, 0.2) is 12.1 Å². The first-order valence-corrected chi connectivity index (χ1v) is 10.3. The van der Waals surface area contributed by atoms with Crippen molar-refractivity contribution in [3.05, 3.63) is 11.8 Å². The lowest BCUT2D eigenvalue weighted by Crippen LogP contribution is -2.56. The van der Waals surface area contributed by atoms with Crippen LogP contribution in [0.2, 0.25) is 0 Å². The zero-order chi connectivity index (χ0) is 24.1. The minimum Gasteiger partial charge on any atom is -0.479 e. The van der Waals surface area contributed by atoms with E-state index in [0.29, 0.717) is 19.8 Å². The molecular weight excluding hydrogens is 428 g/mol. The fourth-order valence-electron chi connectivity index (χ4n) is 2.98. The van der Waals surface area contributed by atoms with E-state index in [-0.39, 0.29) is 13.2 Å². The summed E-state index contributed by atoms with van der Waals surface area (Å²) in [7, 11) is 0. The molecule has 1 aliphatic rings. The topological polar surface area (TPSA) is 206 Å². The second-order valence-corrected chi connectivity index (χ2v) is 7.13. The molecule has 0 aromatic rings. The van der Waals surface area contributed by atoms with Crippen molar-refractivity contribution in [3.63, 3.8) is 0 Å². The number of carbonyl (C=O) groups is 2. The first-order valence-electron chi connectivity index (χ1n) is 10.3. The van der Waals surface area contributed by atoms with E-state index in [2.05, 4.69) is 10.6 Å². The van der Waals surface area contributed by atoms with Crippen LogP contribution in [0, 0.1) is 11.3 Å². The van der Waals surface area contributed by atoms with Gasteiger partial charge in [-0.2, -0.15) is 0 Å². The molecule has 1 rings (SSSR count). The van der Waals surface area contributed by atoms with Crippen molar-refractivity contribution in [3.8, 4) is 0 Å². The lowest BCUT2D eigenvalue weighted by Gasteiger charge is -2.39. The predicted octanol–water partition coefficient (Wildman–Crippen LogP) is -1.27. The highest BCUT2D eigenvalue weighted by atomic mass is 16.6. The SMILES string of the molecule is CCCOCCOCCNC(=O)O[C@@H]([C@@H]1OC(C(=O)O)=C[C@H](NC(=N)N)[C@H]1C)[C@H](O)CO. The second-order valence-electron chi connectivity index (χ2n) is 7.13. The van der Waals surface area contributed by atoms with Crippen LogP contribution in [0.25, 0.3) is 0 Å². The van der Waals surface area contributed by atoms with E-state index in [4.69, 9.17) is 30.1 Å². The van der Waals surface area contributed by atoms with Crippen molar-refractivity contribution in [1.29, 1.82) is 5.41 Å². The van der Waals surface area contributed by atoms with Crippen molar-refractivity contribution in [2.24, 2.45) is 11.7 Å². The fourth-order valence-corrected chi connectivity index (χ4v) is 2.98. The standard InChI is InChI=1S/C19H34N4O9/c1-3-5-29-7-8-30-6-4-22-19(28)32-16(13(25)10-24)15-11(2)12(23-18(20)21)9-14(31-15)17(26)27/h9,11-13,15-16,24-25H,3-8,10H2,1-2H3,(H,22,28)(H,26,27)(H4,20,21,23)/t11-,12+,13-,15-,16-/m1/s1. The van der Waals surface area contributed by atoms with Gasteiger partial charge in [-0.05, 0) is 12.5 Å². The maximum Gasteiger partial charge on any atom is 0.407 e.